The molecule has 4 saturated carbocycles. The highest BCUT2D eigenvalue weighted by Crippen LogP contribution is 2.73. The molecule has 16 unspecified atom stereocenters. The van der Waals surface area contributed by atoms with E-state index in [9.17, 15) is 15.3 Å². The first-order valence-corrected chi connectivity index (χ1v) is 15.6. The number of rotatable bonds is 3. The average Bonchev–Trinajstić information content (AvgIpc) is 2.81. The third-order valence-corrected chi connectivity index (χ3v) is 13.8. The van der Waals surface area contributed by atoms with Gasteiger partial charge in [-0.3, -0.25) is 0 Å². The molecule has 4 N–H and O–H groups in total. The molecule has 0 spiro atoms. The first-order chi connectivity index (χ1) is 17.3. The highest BCUT2D eigenvalue weighted by atomic mass is 16.5. The Morgan fingerprint density at radius 1 is 0.946 bits per heavy atom. The van der Waals surface area contributed by atoms with Crippen molar-refractivity contribution in [2.45, 2.75) is 111 Å². The number of aliphatic hydroxyl groups excluding tert-OH is 3. The van der Waals surface area contributed by atoms with Crippen LogP contribution in [0.25, 0.3) is 0 Å². The highest BCUT2D eigenvalue weighted by molar-refractivity contribution is 5.18. The highest BCUT2D eigenvalue weighted by Gasteiger charge is 2.70. The van der Waals surface area contributed by atoms with Gasteiger partial charge < -0.3 is 25.4 Å². The number of hydrogen-bond acceptors (Lipinski definition) is 5. The number of methoxy groups -OCH3 is 1. The van der Waals surface area contributed by atoms with E-state index >= 15 is 0 Å². The summed E-state index contributed by atoms with van der Waals surface area (Å²) < 4.78 is 5.79. The summed E-state index contributed by atoms with van der Waals surface area (Å²) in [6.45, 7) is 18.1. The number of hydrogen-bond donors (Lipinski definition) is 4. The maximum Gasteiger partial charge on any atom is 0.0698 e. The number of piperidine rings is 1. The molecule has 5 nitrogen and oxygen atoms in total. The van der Waals surface area contributed by atoms with E-state index in [0.29, 0.717) is 35.7 Å². The van der Waals surface area contributed by atoms with Crippen LogP contribution < -0.4 is 5.32 Å². The minimum absolute atomic E-state index is 0.0161. The third-order valence-electron chi connectivity index (χ3n) is 13.8. The number of ether oxygens (including phenoxy) is 1. The first-order valence-electron chi connectivity index (χ1n) is 15.6. The Balaban J connectivity index is 1.50. The van der Waals surface area contributed by atoms with Gasteiger partial charge in [-0.05, 0) is 104 Å². The van der Waals surface area contributed by atoms with Crippen LogP contribution in [0.4, 0.5) is 0 Å². The Morgan fingerprint density at radius 3 is 2.30 bits per heavy atom. The predicted octanol–water partition coefficient (Wildman–Crippen LogP) is 4.73. The Bertz CT molecular complexity index is 836. The summed E-state index contributed by atoms with van der Waals surface area (Å²) in [5.74, 6) is 3.24. The number of nitrogens with one attached hydrogen (secondary N) is 1. The van der Waals surface area contributed by atoms with Crippen LogP contribution in [0.1, 0.15) is 87.0 Å². The van der Waals surface area contributed by atoms with Crippen molar-refractivity contribution in [2.24, 2.45) is 69.5 Å². The predicted molar refractivity (Wildman–Crippen MR) is 148 cm³/mol. The molecule has 214 valence electrons. The molecular weight excluding hydrogens is 462 g/mol. The smallest absolute Gasteiger partial charge is 0.0698 e. The molecular formula is C32H57NO4. The molecule has 0 aromatic carbocycles. The second-order valence-electron chi connectivity index (χ2n) is 15.6. The van der Waals surface area contributed by atoms with E-state index in [4.69, 9.17) is 4.74 Å². The van der Waals surface area contributed by atoms with Crippen molar-refractivity contribution in [3.8, 4) is 0 Å². The van der Waals surface area contributed by atoms with Crippen LogP contribution in [0.5, 0.6) is 0 Å². The molecule has 0 bridgehead atoms. The number of aliphatic hydroxyl groups is 3. The van der Waals surface area contributed by atoms with Gasteiger partial charge in [-0.25, -0.2) is 0 Å². The summed E-state index contributed by atoms with van der Waals surface area (Å²) in [6.07, 6.45) is 5.80. The van der Waals surface area contributed by atoms with Gasteiger partial charge in [-0.1, -0.05) is 48.0 Å². The Labute approximate surface area is 226 Å². The fourth-order valence-electron chi connectivity index (χ4n) is 12.1. The van der Waals surface area contributed by atoms with Gasteiger partial charge in [-0.2, -0.15) is 0 Å². The monoisotopic (exact) mass is 519 g/mol. The van der Waals surface area contributed by atoms with Gasteiger partial charge in [0.05, 0.1) is 24.4 Å². The minimum Gasteiger partial charge on any atom is -0.393 e. The summed E-state index contributed by atoms with van der Waals surface area (Å²) in [5.41, 5.74) is -0.281. The summed E-state index contributed by atoms with van der Waals surface area (Å²) in [7, 11) is 1.85. The lowest BCUT2D eigenvalue weighted by molar-refractivity contribution is -0.280. The molecule has 5 aliphatic rings. The molecule has 0 radical (unpaired) electrons. The van der Waals surface area contributed by atoms with Gasteiger partial charge in [0.1, 0.15) is 0 Å². The lowest BCUT2D eigenvalue weighted by Gasteiger charge is -2.72. The van der Waals surface area contributed by atoms with Crippen LogP contribution in [-0.4, -0.2) is 59.9 Å². The second kappa shape index (κ2) is 9.72. The summed E-state index contributed by atoms with van der Waals surface area (Å²) in [5, 5.41) is 38.6. The zero-order chi connectivity index (χ0) is 27.1. The normalized spacial score (nSPS) is 59.1. The summed E-state index contributed by atoms with van der Waals surface area (Å²) >= 11 is 0. The molecule has 37 heavy (non-hydrogen) atoms. The molecule has 1 heterocycles. The average molecular weight is 520 g/mol. The van der Waals surface area contributed by atoms with Gasteiger partial charge in [0, 0.05) is 25.0 Å². The molecule has 1 aliphatic heterocycles. The fourth-order valence-corrected chi connectivity index (χ4v) is 12.1. The van der Waals surface area contributed by atoms with Crippen molar-refractivity contribution in [2.75, 3.05) is 20.2 Å². The van der Waals surface area contributed by atoms with Crippen molar-refractivity contribution >= 4 is 0 Å². The van der Waals surface area contributed by atoms with Crippen LogP contribution in [0.15, 0.2) is 0 Å². The molecule has 16 atom stereocenters. The maximum absolute atomic E-state index is 12.4. The lowest BCUT2D eigenvalue weighted by atomic mass is 9.34. The molecule has 5 heteroatoms. The van der Waals surface area contributed by atoms with Crippen molar-refractivity contribution < 1.29 is 20.1 Å². The zero-order valence-electron chi connectivity index (χ0n) is 24.9. The van der Waals surface area contributed by atoms with Crippen molar-refractivity contribution in [3.05, 3.63) is 0 Å². The van der Waals surface area contributed by atoms with Crippen LogP contribution in [0.3, 0.4) is 0 Å². The van der Waals surface area contributed by atoms with E-state index in [1.165, 1.54) is 19.3 Å². The van der Waals surface area contributed by atoms with E-state index in [1.807, 2.05) is 14.0 Å². The minimum atomic E-state index is -0.554. The number of fused-ring (bicyclic) bond motifs is 3. The quantitative estimate of drug-likeness (QED) is 0.434. The first kappa shape index (κ1) is 28.3. The lowest BCUT2D eigenvalue weighted by Crippen LogP contribution is -2.70. The van der Waals surface area contributed by atoms with Crippen molar-refractivity contribution in [1.82, 2.24) is 5.32 Å². The topological polar surface area (TPSA) is 82.0 Å². The fraction of sp³-hybridized carbons (Fsp3) is 1.00. The third kappa shape index (κ3) is 4.11. The van der Waals surface area contributed by atoms with Gasteiger partial charge in [-0.15, -0.1) is 0 Å². The molecule has 0 aromatic rings. The molecule has 4 aliphatic carbocycles. The Kier molecular flexibility index (Phi) is 7.44. The molecule has 0 amide bonds. The van der Waals surface area contributed by atoms with Gasteiger partial charge in [0.25, 0.3) is 0 Å². The SMILES string of the molecule is COC1CNCC(C2CCC(C)C3C(O)C4C(C)C5(C)C(O)C(C(C)O)C(C)CC5(C)CC4(C)CC23)C1. The second-order valence-corrected chi connectivity index (χ2v) is 15.6. The maximum atomic E-state index is 12.4. The summed E-state index contributed by atoms with van der Waals surface area (Å²) in [6, 6.07) is 0. The van der Waals surface area contributed by atoms with Crippen LogP contribution >= 0.6 is 0 Å². The largest absolute Gasteiger partial charge is 0.393 e. The van der Waals surface area contributed by atoms with Gasteiger partial charge >= 0.3 is 0 Å². The molecule has 5 fully saturated rings. The van der Waals surface area contributed by atoms with E-state index in [-0.39, 0.29) is 46.0 Å². The van der Waals surface area contributed by atoms with Crippen LogP contribution in [0, 0.1) is 69.5 Å². The van der Waals surface area contributed by atoms with Crippen LogP contribution in [-0.2, 0) is 4.74 Å². The van der Waals surface area contributed by atoms with Crippen molar-refractivity contribution in [3.63, 3.8) is 0 Å². The summed E-state index contributed by atoms with van der Waals surface area (Å²) in [4.78, 5) is 0. The Morgan fingerprint density at radius 2 is 1.65 bits per heavy atom. The van der Waals surface area contributed by atoms with E-state index in [1.54, 1.807) is 0 Å². The zero-order valence-corrected chi connectivity index (χ0v) is 24.9. The molecule has 5 rings (SSSR count). The molecule has 1 saturated heterocycles. The van der Waals surface area contributed by atoms with Gasteiger partial charge in [0.15, 0.2) is 0 Å². The van der Waals surface area contributed by atoms with E-state index < -0.39 is 12.2 Å². The van der Waals surface area contributed by atoms with Crippen LogP contribution in [0.2, 0.25) is 0 Å². The van der Waals surface area contributed by atoms with E-state index in [2.05, 4.69) is 46.9 Å². The van der Waals surface area contributed by atoms with Gasteiger partial charge in [0.2, 0.25) is 0 Å². The Hall–Kier alpha value is -0.200. The standard InChI is InChI=1S/C32H57NO4/c1-17-9-10-23(21-11-22(37-8)15-33-14-21)24-13-30(5)16-31(6)12-18(2)25(20(4)34)29(36)32(31,7)19(3)27(30)28(35)26(17)24/h17-29,33-36H,9-16H2,1-8H3. The van der Waals surface area contributed by atoms with E-state index in [0.717, 1.165) is 32.4 Å². The van der Waals surface area contributed by atoms with Crippen molar-refractivity contribution in [1.29, 1.82) is 0 Å². The molecule has 0 aromatic heterocycles.